The molecule has 0 radical (unpaired) electrons. The first-order chi connectivity index (χ1) is 11.0. The lowest BCUT2D eigenvalue weighted by Crippen LogP contribution is -2.52. The van der Waals surface area contributed by atoms with E-state index < -0.39 is 11.6 Å². The fraction of sp³-hybridized carbons (Fsp3) is 0.611. The Morgan fingerprint density at radius 3 is 2.74 bits per heavy atom. The van der Waals surface area contributed by atoms with Crippen LogP contribution in [-0.4, -0.2) is 42.8 Å². The average molecular weight is 318 g/mol. The van der Waals surface area contributed by atoms with E-state index in [1.807, 2.05) is 31.2 Å². The molecule has 5 nitrogen and oxygen atoms in total. The normalized spacial score (nSPS) is 28.9. The highest BCUT2D eigenvalue weighted by Gasteiger charge is 2.40. The molecule has 3 fully saturated rings. The van der Waals surface area contributed by atoms with Gasteiger partial charge in [-0.05, 0) is 68.8 Å². The van der Waals surface area contributed by atoms with E-state index in [9.17, 15) is 9.90 Å². The maximum Gasteiger partial charge on any atom is 0.405 e. The van der Waals surface area contributed by atoms with Crippen LogP contribution in [0.1, 0.15) is 31.7 Å². The molecule has 3 saturated heterocycles. The third-order valence-electron chi connectivity index (χ3n) is 5.55. The Hall–Kier alpha value is -1.75. The van der Waals surface area contributed by atoms with Gasteiger partial charge >= 0.3 is 6.09 Å². The molecule has 3 heterocycles. The molecular formula is C18H26N2O3. The van der Waals surface area contributed by atoms with Gasteiger partial charge in [0.1, 0.15) is 5.75 Å². The van der Waals surface area contributed by atoms with Gasteiger partial charge in [-0.2, -0.15) is 0 Å². The van der Waals surface area contributed by atoms with Gasteiger partial charge in [-0.25, -0.2) is 4.79 Å². The lowest BCUT2D eigenvalue weighted by Gasteiger charge is -2.47. The van der Waals surface area contributed by atoms with Gasteiger partial charge < -0.3 is 20.1 Å². The monoisotopic (exact) mass is 318 g/mol. The van der Waals surface area contributed by atoms with Crippen LogP contribution in [0.2, 0.25) is 0 Å². The number of benzene rings is 1. The first kappa shape index (κ1) is 16.1. The lowest BCUT2D eigenvalue weighted by atomic mass is 9.71. The van der Waals surface area contributed by atoms with Gasteiger partial charge in [0.2, 0.25) is 0 Å². The molecule has 0 aliphatic carbocycles. The van der Waals surface area contributed by atoms with Crippen molar-refractivity contribution >= 4 is 6.09 Å². The maximum atomic E-state index is 11.4. The Balaban J connectivity index is 1.85. The minimum atomic E-state index is -0.975. The Kier molecular flexibility index (Phi) is 4.48. The lowest BCUT2D eigenvalue weighted by molar-refractivity contribution is 0.0315. The van der Waals surface area contributed by atoms with Crippen LogP contribution < -0.4 is 10.1 Å². The van der Waals surface area contributed by atoms with Crippen molar-refractivity contribution in [1.29, 1.82) is 0 Å². The Labute approximate surface area is 137 Å². The third kappa shape index (κ3) is 3.44. The second-order valence-corrected chi connectivity index (χ2v) is 7.10. The van der Waals surface area contributed by atoms with Crippen LogP contribution in [0.15, 0.2) is 24.3 Å². The van der Waals surface area contributed by atoms with E-state index in [0.29, 0.717) is 5.92 Å². The number of carbonyl (C=O) groups is 1. The van der Waals surface area contributed by atoms with Crippen molar-refractivity contribution in [1.82, 2.24) is 10.2 Å². The number of rotatable bonds is 5. The summed E-state index contributed by atoms with van der Waals surface area (Å²) in [5.74, 6) is 2.02. The van der Waals surface area contributed by atoms with Gasteiger partial charge in [-0.3, -0.25) is 0 Å². The topological polar surface area (TPSA) is 61.8 Å². The Morgan fingerprint density at radius 2 is 2.17 bits per heavy atom. The van der Waals surface area contributed by atoms with E-state index in [1.54, 1.807) is 7.11 Å². The number of fused-ring (bicyclic) bond motifs is 3. The van der Waals surface area contributed by atoms with E-state index in [1.165, 1.54) is 25.9 Å². The van der Waals surface area contributed by atoms with E-state index >= 15 is 0 Å². The highest BCUT2D eigenvalue weighted by atomic mass is 16.5. The predicted octanol–water partition coefficient (Wildman–Crippen LogP) is 2.91. The Bertz CT molecular complexity index is 569. The zero-order chi connectivity index (χ0) is 16.4. The quantitative estimate of drug-likeness (QED) is 0.876. The molecule has 1 amide bonds. The van der Waals surface area contributed by atoms with Crippen LogP contribution in [-0.2, 0) is 5.54 Å². The van der Waals surface area contributed by atoms with Crippen LogP contribution in [0.4, 0.5) is 4.79 Å². The summed E-state index contributed by atoms with van der Waals surface area (Å²) in [5, 5.41) is 12.1. The van der Waals surface area contributed by atoms with Crippen LogP contribution in [0.25, 0.3) is 0 Å². The molecule has 5 heteroatoms. The maximum absolute atomic E-state index is 11.4. The second-order valence-electron chi connectivity index (χ2n) is 7.10. The molecule has 0 saturated carbocycles. The molecule has 2 bridgehead atoms. The summed E-state index contributed by atoms with van der Waals surface area (Å²) >= 11 is 0. The smallest absolute Gasteiger partial charge is 0.405 e. The molecule has 3 aliphatic heterocycles. The summed E-state index contributed by atoms with van der Waals surface area (Å²) in [6.45, 7) is 5.48. The van der Waals surface area contributed by atoms with Crippen LogP contribution >= 0.6 is 0 Å². The number of ether oxygens (including phenoxy) is 1. The Morgan fingerprint density at radius 1 is 1.43 bits per heavy atom. The van der Waals surface area contributed by atoms with Crippen molar-refractivity contribution < 1.29 is 14.6 Å². The predicted molar refractivity (Wildman–Crippen MR) is 88.8 cm³/mol. The largest absolute Gasteiger partial charge is 0.497 e. The van der Waals surface area contributed by atoms with Gasteiger partial charge in [0.25, 0.3) is 0 Å². The van der Waals surface area contributed by atoms with Crippen molar-refractivity contribution in [3.8, 4) is 5.75 Å². The van der Waals surface area contributed by atoms with Crippen LogP contribution in [0.3, 0.4) is 0 Å². The number of methoxy groups -OCH3 is 1. The number of amides is 1. The SMILES string of the molecule is COc1cccc(C(C)(CC2CN3CCC2CC3)NC(=O)O)c1. The molecule has 4 rings (SSSR count). The summed E-state index contributed by atoms with van der Waals surface area (Å²) in [5.41, 5.74) is 0.375. The highest BCUT2D eigenvalue weighted by molar-refractivity contribution is 5.66. The first-order valence-corrected chi connectivity index (χ1v) is 8.38. The summed E-state index contributed by atoms with van der Waals surface area (Å²) < 4.78 is 5.31. The molecule has 0 aromatic heterocycles. The average Bonchev–Trinajstić information content (AvgIpc) is 2.55. The summed E-state index contributed by atoms with van der Waals surface area (Å²) in [6, 6.07) is 7.74. The fourth-order valence-electron chi connectivity index (χ4n) is 4.29. The summed E-state index contributed by atoms with van der Waals surface area (Å²) in [7, 11) is 1.63. The number of carboxylic acid groups (broad SMARTS) is 1. The van der Waals surface area contributed by atoms with Crippen molar-refractivity contribution in [3.63, 3.8) is 0 Å². The number of piperidine rings is 3. The fourth-order valence-corrected chi connectivity index (χ4v) is 4.29. The third-order valence-corrected chi connectivity index (χ3v) is 5.55. The second kappa shape index (κ2) is 6.40. The summed E-state index contributed by atoms with van der Waals surface area (Å²) in [6.07, 6.45) is 2.34. The van der Waals surface area contributed by atoms with Crippen LogP contribution in [0, 0.1) is 11.8 Å². The first-order valence-electron chi connectivity index (χ1n) is 8.38. The molecule has 1 aromatic rings. The minimum Gasteiger partial charge on any atom is -0.497 e. The molecule has 2 N–H and O–H groups in total. The molecular weight excluding hydrogens is 292 g/mol. The number of hydrogen-bond donors (Lipinski definition) is 2. The van der Waals surface area contributed by atoms with E-state index in [-0.39, 0.29) is 0 Å². The van der Waals surface area contributed by atoms with Crippen molar-refractivity contribution in [2.24, 2.45) is 11.8 Å². The molecule has 1 aromatic carbocycles. The van der Waals surface area contributed by atoms with E-state index in [4.69, 9.17) is 4.74 Å². The van der Waals surface area contributed by atoms with Gasteiger partial charge in [-0.1, -0.05) is 12.1 Å². The molecule has 3 aliphatic rings. The number of hydrogen-bond acceptors (Lipinski definition) is 3. The number of nitrogens with one attached hydrogen (secondary N) is 1. The molecule has 23 heavy (non-hydrogen) atoms. The van der Waals surface area contributed by atoms with E-state index in [2.05, 4.69) is 10.2 Å². The molecule has 2 atom stereocenters. The van der Waals surface area contributed by atoms with Gasteiger partial charge in [0.05, 0.1) is 12.6 Å². The van der Waals surface area contributed by atoms with Gasteiger partial charge in [-0.15, -0.1) is 0 Å². The van der Waals surface area contributed by atoms with Crippen molar-refractivity contribution in [2.75, 3.05) is 26.7 Å². The molecule has 0 spiro atoms. The zero-order valence-electron chi connectivity index (χ0n) is 13.9. The van der Waals surface area contributed by atoms with Crippen LogP contribution in [0.5, 0.6) is 5.75 Å². The number of nitrogens with zero attached hydrogens (tertiary/aromatic N) is 1. The summed E-state index contributed by atoms with van der Waals surface area (Å²) in [4.78, 5) is 13.9. The highest BCUT2D eigenvalue weighted by Crippen LogP contribution is 2.40. The van der Waals surface area contributed by atoms with Gasteiger partial charge in [0, 0.05) is 6.54 Å². The standard InChI is InChI=1S/C18H26N2O3/c1-18(19-17(21)22,15-4-3-5-16(10-15)23-2)11-14-12-20-8-6-13(14)7-9-20/h3-5,10,13-14,19H,6-9,11-12H2,1-2H3,(H,21,22). The van der Waals surface area contributed by atoms with Gasteiger partial charge in [0.15, 0.2) is 0 Å². The molecule has 2 unspecified atom stereocenters. The minimum absolute atomic E-state index is 0.542. The molecule has 126 valence electrons. The van der Waals surface area contributed by atoms with Crippen molar-refractivity contribution in [2.45, 2.75) is 31.7 Å². The van der Waals surface area contributed by atoms with Crippen molar-refractivity contribution in [3.05, 3.63) is 29.8 Å². The van der Waals surface area contributed by atoms with E-state index in [0.717, 1.165) is 30.2 Å². The zero-order valence-corrected chi connectivity index (χ0v) is 13.9.